The van der Waals surface area contributed by atoms with E-state index in [0.717, 1.165) is 16.8 Å². The Morgan fingerprint density at radius 1 is 1.12 bits per heavy atom. The summed E-state index contributed by atoms with van der Waals surface area (Å²) in [6.45, 7) is 2.52. The van der Waals surface area contributed by atoms with Gasteiger partial charge in [-0.25, -0.2) is 4.68 Å². The lowest BCUT2D eigenvalue weighted by molar-refractivity contribution is -0.132. The van der Waals surface area contributed by atoms with Gasteiger partial charge in [0.1, 0.15) is 5.75 Å². The number of benzene rings is 2. The van der Waals surface area contributed by atoms with E-state index in [4.69, 9.17) is 4.74 Å². The fourth-order valence-corrected chi connectivity index (χ4v) is 2.42. The predicted molar refractivity (Wildman–Crippen MR) is 96.7 cm³/mol. The topological polar surface area (TPSA) is 47.4 Å². The van der Waals surface area contributed by atoms with Gasteiger partial charge < -0.3 is 9.64 Å². The van der Waals surface area contributed by atoms with Crippen molar-refractivity contribution in [3.05, 3.63) is 78.1 Å². The summed E-state index contributed by atoms with van der Waals surface area (Å²) in [5.41, 5.74) is 3.12. The highest BCUT2D eigenvalue weighted by Gasteiger charge is 2.11. The van der Waals surface area contributed by atoms with Crippen LogP contribution in [0.4, 0.5) is 0 Å². The molecule has 0 fully saturated rings. The Hall–Kier alpha value is -3.08. The quantitative estimate of drug-likeness (QED) is 0.695. The zero-order valence-electron chi connectivity index (χ0n) is 14.4. The Kier molecular flexibility index (Phi) is 5.14. The Balaban J connectivity index is 1.54. The van der Waals surface area contributed by atoms with Crippen LogP contribution in [-0.2, 0) is 11.3 Å². The van der Waals surface area contributed by atoms with E-state index in [0.29, 0.717) is 12.3 Å². The van der Waals surface area contributed by atoms with E-state index >= 15 is 0 Å². The summed E-state index contributed by atoms with van der Waals surface area (Å²) >= 11 is 0. The van der Waals surface area contributed by atoms with E-state index in [1.807, 2.05) is 67.7 Å². The Morgan fingerprint density at radius 2 is 1.84 bits per heavy atom. The molecule has 3 rings (SSSR count). The van der Waals surface area contributed by atoms with Gasteiger partial charge in [0.2, 0.25) is 0 Å². The van der Waals surface area contributed by atoms with Crippen molar-refractivity contribution in [3.63, 3.8) is 0 Å². The van der Waals surface area contributed by atoms with Crippen molar-refractivity contribution in [2.24, 2.45) is 0 Å². The number of hydrogen-bond acceptors (Lipinski definition) is 3. The normalized spacial score (nSPS) is 10.5. The summed E-state index contributed by atoms with van der Waals surface area (Å²) in [5, 5.41) is 4.35. The molecule has 0 atom stereocenters. The molecular formula is C20H21N3O2. The van der Waals surface area contributed by atoms with Crippen LogP contribution in [0.3, 0.4) is 0 Å². The lowest BCUT2D eigenvalue weighted by Crippen LogP contribution is -2.30. The zero-order valence-corrected chi connectivity index (χ0v) is 14.4. The Morgan fingerprint density at radius 3 is 2.56 bits per heavy atom. The fraction of sp³-hybridized carbons (Fsp3) is 0.200. The number of ether oxygens (including phenoxy) is 1. The second-order valence-electron chi connectivity index (χ2n) is 5.98. The minimum Gasteiger partial charge on any atom is -0.484 e. The first-order valence-electron chi connectivity index (χ1n) is 8.14. The third-order valence-corrected chi connectivity index (χ3v) is 3.89. The lowest BCUT2D eigenvalue weighted by Gasteiger charge is -2.16. The van der Waals surface area contributed by atoms with Gasteiger partial charge >= 0.3 is 0 Å². The van der Waals surface area contributed by atoms with E-state index in [1.54, 1.807) is 22.8 Å². The summed E-state index contributed by atoms with van der Waals surface area (Å²) < 4.78 is 7.35. The van der Waals surface area contributed by atoms with Gasteiger partial charge in [-0.2, -0.15) is 5.10 Å². The molecule has 5 heteroatoms. The minimum atomic E-state index is -0.0759. The lowest BCUT2D eigenvalue weighted by atomic mass is 10.2. The maximum atomic E-state index is 12.2. The molecule has 25 heavy (non-hydrogen) atoms. The molecule has 2 aromatic carbocycles. The van der Waals surface area contributed by atoms with Crippen molar-refractivity contribution in [3.8, 4) is 11.4 Å². The molecule has 0 N–H and O–H groups in total. The number of rotatable bonds is 6. The first-order valence-corrected chi connectivity index (χ1v) is 8.14. The summed E-state index contributed by atoms with van der Waals surface area (Å²) in [5.74, 6) is 0.622. The highest BCUT2D eigenvalue weighted by molar-refractivity contribution is 5.77. The summed E-state index contributed by atoms with van der Waals surface area (Å²) in [7, 11) is 1.76. The number of hydrogen-bond donors (Lipinski definition) is 0. The minimum absolute atomic E-state index is 0.0202. The van der Waals surface area contributed by atoms with Crippen molar-refractivity contribution in [1.82, 2.24) is 14.7 Å². The highest BCUT2D eigenvalue weighted by atomic mass is 16.5. The standard InChI is InChI=1S/C20H21N3O2/c1-16-8-10-19(11-9-16)25-15-20(24)22(2)13-17-12-21-23(14-17)18-6-4-3-5-7-18/h3-12,14H,13,15H2,1-2H3. The van der Waals surface area contributed by atoms with E-state index in [1.165, 1.54) is 0 Å². The van der Waals surface area contributed by atoms with Crippen LogP contribution in [0.2, 0.25) is 0 Å². The summed E-state index contributed by atoms with van der Waals surface area (Å²) in [6, 6.07) is 17.5. The smallest absolute Gasteiger partial charge is 0.260 e. The number of likely N-dealkylation sites (N-methyl/N-ethyl adjacent to an activating group) is 1. The van der Waals surface area contributed by atoms with Gasteiger partial charge in [-0.3, -0.25) is 4.79 Å². The monoisotopic (exact) mass is 335 g/mol. The van der Waals surface area contributed by atoms with Crippen LogP contribution < -0.4 is 4.74 Å². The summed E-state index contributed by atoms with van der Waals surface area (Å²) in [6.07, 6.45) is 3.71. The molecule has 1 heterocycles. The number of para-hydroxylation sites is 1. The second-order valence-corrected chi connectivity index (χ2v) is 5.98. The number of amides is 1. The molecule has 0 spiro atoms. The number of nitrogens with zero attached hydrogens (tertiary/aromatic N) is 3. The zero-order chi connectivity index (χ0) is 17.6. The van der Waals surface area contributed by atoms with Gasteiger partial charge in [0.25, 0.3) is 5.91 Å². The van der Waals surface area contributed by atoms with Crippen molar-refractivity contribution in [1.29, 1.82) is 0 Å². The van der Waals surface area contributed by atoms with Gasteiger partial charge in [0.15, 0.2) is 6.61 Å². The summed E-state index contributed by atoms with van der Waals surface area (Å²) in [4.78, 5) is 13.9. The molecule has 3 aromatic rings. The van der Waals surface area contributed by atoms with E-state index in [-0.39, 0.29) is 12.5 Å². The Labute approximate surface area is 147 Å². The van der Waals surface area contributed by atoms with E-state index < -0.39 is 0 Å². The number of carbonyl (C=O) groups is 1. The maximum Gasteiger partial charge on any atom is 0.260 e. The van der Waals surface area contributed by atoms with Crippen LogP contribution in [-0.4, -0.2) is 34.2 Å². The highest BCUT2D eigenvalue weighted by Crippen LogP contribution is 2.12. The largest absolute Gasteiger partial charge is 0.484 e. The fourth-order valence-electron chi connectivity index (χ4n) is 2.42. The number of aromatic nitrogens is 2. The molecule has 0 aliphatic rings. The maximum absolute atomic E-state index is 12.2. The van der Waals surface area contributed by atoms with E-state index in [9.17, 15) is 4.79 Å². The predicted octanol–water partition coefficient (Wildman–Crippen LogP) is 3.22. The van der Waals surface area contributed by atoms with Crippen LogP contribution in [0, 0.1) is 6.92 Å². The SMILES string of the molecule is Cc1ccc(OCC(=O)N(C)Cc2cnn(-c3ccccc3)c2)cc1. The molecular weight excluding hydrogens is 314 g/mol. The molecule has 0 aliphatic heterocycles. The first kappa shape index (κ1) is 16.8. The van der Waals surface area contributed by atoms with Gasteiger partial charge in [-0.15, -0.1) is 0 Å². The molecule has 0 saturated carbocycles. The molecule has 0 saturated heterocycles. The molecule has 1 aromatic heterocycles. The number of carbonyl (C=O) groups excluding carboxylic acids is 1. The van der Waals surface area contributed by atoms with Crippen LogP contribution in [0.5, 0.6) is 5.75 Å². The van der Waals surface area contributed by atoms with Gasteiger partial charge in [-0.05, 0) is 31.2 Å². The molecule has 0 unspecified atom stereocenters. The molecule has 5 nitrogen and oxygen atoms in total. The van der Waals surface area contributed by atoms with Gasteiger partial charge in [-0.1, -0.05) is 35.9 Å². The van der Waals surface area contributed by atoms with Crippen LogP contribution in [0.25, 0.3) is 5.69 Å². The second kappa shape index (κ2) is 7.66. The van der Waals surface area contributed by atoms with Crippen LogP contribution in [0.15, 0.2) is 67.0 Å². The molecule has 0 aliphatic carbocycles. The molecule has 1 amide bonds. The van der Waals surface area contributed by atoms with Crippen molar-refractivity contribution < 1.29 is 9.53 Å². The first-order chi connectivity index (χ1) is 12.1. The van der Waals surface area contributed by atoms with E-state index in [2.05, 4.69) is 5.10 Å². The van der Waals surface area contributed by atoms with Crippen molar-refractivity contribution >= 4 is 5.91 Å². The number of aryl methyl sites for hydroxylation is 1. The average Bonchev–Trinajstić information content (AvgIpc) is 3.10. The third-order valence-electron chi connectivity index (χ3n) is 3.89. The third kappa shape index (κ3) is 4.47. The van der Waals surface area contributed by atoms with Crippen molar-refractivity contribution in [2.45, 2.75) is 13.5 Å². The Bertz CT molecular complexity index is 826. The molecule has 0 radical (unpaired) electrons. The molecule has 0 bridgehead atoms. The van der Waals surface area contributed by atoms with Gasteiger partial charge in [0.05, 0.1) is 11.9 Å². The average molecular weight is 335 g/mol. The van der Waals surface area contributed by atoms with Crippen LogP contribution >= 0.6 is 0 Å². The van der Waals surface area contributed by atoms with Crippen LogP contribution in [0.1, 0.15) is 11.1 Å². The molecule has 128 valence electrons. The van der Waals surface area contributed by atoms with Crippen molar-refractivity contribution in [2.75, 3.05) is 13.7 Å². The van der Waals surface area contributed by atoms with Gasteiger partial charge in [0, 0.05) is 25.4 Å².